The van der Waals surface area contributed by atoms with Gasteiger partial charge in [0.15, 0.2) is 0 Å². The molecular formula is C18H35ClN2O. The molecule has 2 unspecified atom stereocenters. The van der Waals surface area contributed by atoms with Crippen molar-refractivity contribution < 1.29 is 4.79 Å². The summed E-state index contributed by atoms with van der Waals surface area (Å²) in [6, 6.07) is 0.347. The third-order valence-corrected chi connectivity index (χ3v) is 5.49. The van der Waals surface area contributed by atoms with Crippen LogP contribution in [0.25, 0.3) is 0 Å². The van der Waals surface area contributed by atoms with Crippen LogP contribution in [0.1, 0.15) is 66.2 Å². The van der Waals surface area contributed by atoms with Crippen molar-refractivity contribution in [2.24, 2.45) is 34.8 Å². The molecule has 2 fully saturated rings. The lowest BCUT2D eigenvalue weighted by Crippen LogP contribution is -2.49. The highest BCUT2D eigenvalue weighted by molar-refractivity contribution is 5.85. The SMILES string of the molecule is CC(C)CC(C)(C)CNC(=O)C1CC2CCCC(C1)C2N.Cl. The zero-order valence-electron chi connectivity index (χ0n) is 14.7. The van der Waals surface area contributed by atoms with Gasteiger partial charge in [-0.05, 0) is 55.3 Å². The van der Waals surface area contributed by atoms with Crippen molar-refractivity contribution in [3.63, 3.8) is 0 Å². The van der Waals surface area contributed by atoms with Gasteiger partial charge in [-0.15, -0.1) is 12.4 Å². The molecule has 2 atom stereocenters. The molecule has 0 radical (unpaired) electrons. The lowest BCUT2D eigenvalue weighted by molar-refractivity contribution is -0.128. The summed E-state index contributed by atoms with van der Waals surface area (Å²) in [6.07, 6.45) is 6.91. The molecule has 0 aliphatic heterocycles. The normalized spacial score (nSPS) is 31.5. The number of nitrogens with two attached hydrogens (primary N) is 1. The average molecular weight is 331 g/mol. The monoisotopic (exact) mass is 330 g/mol. The van der Waals surface area contributed by atoms with Crippen molar-refractivity contribution in [2.75, 3.05) is 6.54 Å². The van der Waals surface area contributed by atoms with Gasteiger partial charge in [0.05, 0.1) is 0 Å². The lowest BCUT2D eigenvalue weighted by Gasteiger charge is -2.43. The Kier molecular flexibility index (Phi) is 7.20. The maximum atomic E-state index is 12.5. The van der Waals surface area contributed by atoms with Gasteiger partial charge in [-0.3, -0.25) is 4.79 Å². The molecule has 22 heavy (non-hydrogen) atoms. The molecule has 130 valence electrons. The van der Waals surface area contributed by atoms with Crippen LogP contribution in [0.3, 0.4) is 0 Å². The zero-order chi connectivity index (χ0) is 15.6. The van der Waals surface area contributed by atoms with E-state index >= 15 is 0 Å². The smallest absolute Gasteiger partial charge is 0.223 e. The van der Waals surface area contributed by atoms with Crippen LogP contribution in [0, 0.1) is 29.1 Å². The molecule has 0 aromatic heterocycles. The van der Waals surface area contributed by atoms with E-state index in [1.165, 1.54) is 19.3 Å². The third kappa shape index (κ3) is 5.13. The summed E-state index contributed by atoms with van der Waals surface area (Å²) in [4.78, 5) is 12.5. The van der Waals surface area contributed by atoms with Gasteiger partial charge in [0.1, 0.15) is 0 Å². The molecular weight excluding hydrogens is 296 g/mol. The summed E-state index contributed by atoms with van der Waals surface area (Å²) in [7, 11) is 0. The van der Waals surface area contributed by atoms with Gasteiger partial charge in [0, 0.05) is 18.5 Å². The first kappa shape index (κ1) is 19.8. The van der Waals surface area contributed by atoms with Crippen LogP contribution in [0.2, 0.25) is 0 Å². The van der Waals surface area contributed by atoms with E-state index in [1.54, 1.807) is 0 Å². The first-order chi connectivity index (χ1) is 9.78. The van der Waals surface area contributed by atoms with E-state index in [-0.39, 0.29) is 29.6 Å². The van der Waals surface area contributed by atoms with E-state index in [0.717, 1.165) is 25.8 Å². The van der Waals surface area contributed by atoms with Crippen LogP contribution < -0.4 is 11.1 Å². The predicted molar refractivity (Wildman–Crippen MR) is 95.0 cm³/mol. The van der Waals surface area contributed by atoms with Crippen molar-refractivity contribution in [1.82, 2.24) is 5.32 Å². The fourth-order valence-electron chi connectivity index (χ4n) is 4.65. The van der Waals surface area contributed by atoms with Gasteiger partial charge in [-0.1, -0.05) is 34.1 Å². The predicted octanol–water partition coefficient (Wildman–Crippen LogP) is 3.75. The van der Waals surface area contributed by atoms with Crippen LogP contribution in [0.15, 0.2) is 0 Å². The molecule has 1 amide bonds. The molecule has 0 heterocycles. The maximum Gasteiger partial charge on any atom is 0.223 e. The molecule has 2 aliphatic rings. The van der Waals surface area contributed by atoms with Gasteiger partial charge >= 0.3 is 0 Å². The van der Waals surface area contributed by atoms with Crippen LogP contribution >= 0.6 is 12.4 Å². The van der Waals surface area contributed by atoms with E-state index in [9.17, 15) is 4.79 Å². The summed E-state index contributed by atoms with van der Waals surface area (Å²) in [6.45, 7) is 9.78. The molecule has 0 aromatic carbocycles. The Hall–Kier alpha value is -0.280. The minimum atomic E-state index is 0. The fraction of sp³-hybridized carbons (Fsp3) is 0.944. The molecule has 3 N–H and O–H groups in total. The largest absolute Gasteiger partial charge is 0.355 e. The molecule has 2 bridgehead atoms. The van der Waals surface area contributed by atoms with E-state index < -0.39 is 0 Å². The Morgan fingerprint density at radius 1 is 1.23 bits per heavy atom. The average Bonchev–Trinajstić information content (AvgIpc) is 2.34. The topological polar surface area (TPSA) is 55.1 Å². The Morgan fingerprint density at radius 2 is 1.77 bits per heavy atom. The molecule has 4 heteroatoms. The minimum absolute atomic E-state index is 0. The van der Waals surface area contributed by atoms with Gasteiger partial charge < -0.3 is 11.1 Å². The van der Waals surface area contributed by atoms with Gasteiger partial charge in [-0.25, -0.2) is 0 Å². The lowest BCUT2D eigenvalue weighted by atomic mass is 9.65. The number of halogens is 1. The molecule has 0 aromatic rings. The fourth-order valence-corrected chi connectivity index (χ4v) is 4.65. The van der Waals surface area contributed by atoms with Crippen molar-refractivity contribution >= 4 is 18.3 Å². The number of fused-ring (bicyclic) bond motifs is 2. The van der Waals surface area contributed by atoms with Gasteiger partial charge in [0.2, 0.25) is 5.91 Å². The van der Waals surface area contributed by atoms with Gasteiger partial charge in [-0.2, -0.15) is 0 Å². The third-order valence-electron chi connectivity index (χ3n) is 5.49. The summed E-state index contributed by atoms with van der Waals surface area (Å²) in [5.74, 6) is 2.31. The Bertz CT molecular complexity index is 356. The van der Waals surface area contributed by atoms with E-state index in [2.05, 4.69) is 33.0 Å². The van der Waals surface area contributed by atoms with E-state index in [4.69, 9.17) is 5.73 Å². The molecule has 3 nitrogen and oxygen atoms in total. The highest BCUT2D eigenvalue weighted by atomic mass is 35.5. The second-order valence-electron chi connectivity index (χ2n) is 8.68. The van der Waals surface area contributed by atoms with Crippen molar-refractivity contribution in [1.29, 1.82) is 0 Å². The molecule has 2 saturated carbocycles. The quantitative estimate of drug-likeness (QED) is 0.806. The Morgan fingerprint density at radius 3 is 2.27 bits per heavy atom. The van der Waals surface area contributed by atoms with Crippen LogP contribution in [-0.4, -0.2) is 18.5 Å². The molecule has 0 spiro atoms. The number of nitrogens with one attached hydrogen (secondary N) is 1. The maximum absolute atomic E-state index is 12.5. The van der Waals surface area contributed by atoms with Crippen LogP contribution in [0.4, 0.5) is 0 Å². The standard InChI is InChI=1S/C18H34N2O.ClH/c1-12(2)10-18(3,4)11-20-17(21)15-8-13-6-5-7-14(9-15)16(13)19;/h12-16H,5-11,19H2,1-4H3,(H,20,21);1H. The summed E-state index contributed by atoms with van der Waals surface area (Å²) in [5, 5.41) is 3.22. The summed E-state index contributed by atoms with van der Waals surface area (Å²) in [5.41, 5.74) is 6.50. The number of rotatable bonds is 5. The molecule has 0 saturated heterocycles. The van der Waals surface area contributed by atoms with Crippen molar-refractivity contribution in [2.45, 2.75) is 72.3 Å². The first-order valence-electron chi connectivity index (χ1n) is 8.82. The van der Waals surface area contributed by atoms with E-state index in [1.807, 2.05) is 0 Å². The second kappa shape index (κ2) is 8.01. The van der Waals surface area contributed by atoms with Crippen molar-refractivity contribution in [3.05, 3.63) is 0 Å². The highest BCUT2D eigenvalue weighted by Gasteiger charge is 2.40. The van der Waals surface area contributed by atoms with Crippen LogP contribution in [-0.2, 0) is 4.79 Å². The Balaban J connectivity index is 0.00000242. The zero-order valence-corrected chi connectivity index (χ0v) is 15.5. The number of carbonyl (C=O) groups is 1. The van der Waals surface area contributed by atoms with Gasteiger partial charge in [0.25, 0.3) is 0 Å². The summed E-state index contributed by atoms with van der Waals surface area (Å²) >= 11 is 0. The second-order valence-corrected chi connectivity index (χ2v) is 8.68. The number of hydrogen-bond acceptors (Lipinski definition) is 2. The summed E-state index contributed by atoms with van der Waals surface area (Å²) < 4.78 is 0. The molecule has 2 rings (SSSR count). The van der Waals surface area contributed by atoms with Crippen LogP contribution in [0.5, 0.6) is 0 Å². The highest BCUT2D eigenvalue weighted by Crippen LogP contribution is 2.42. The minimum Gasteiger partial charge on any atom is -0.355 e. The number of amides is 1. The molecule has 2 aliphatic carbocycles. The van der Waals surface area contributed by atoms with E-state index in [0.29, 0.717) is 23.8 Å². The first-order valence-corrected chi connectivity index (χ1v) is 8.82. The van der Waals surface area contributed by atoms with Crippen molar-refractivity contribution in [3.8, 4) is 0 Å². The Labute approximate surface area is 142 Å². The number of carbonyl (C=O) groups excluding carboxylic acids is 1. The number of hydrogen-bond donors (Lipinski definition) is 2.